The number of hydrogen-bond acceptors (Lipinski definition) is 2. The van der Waals surface area contributed by atoms with Crippen LogP contribution in [0.2, 0.25) is 0 Å². The first-order chi connectivity index (χ1) is 8.33. The van der Waals surface area contributed by atoms with Gasteiger partial charge in [-0.3, -0.25) is 4.79 Å². The maximum Gasteiger partial charge on any atom is 0.211 e. The SMILES string of the molecule is N#Cc1ccc(-c2ccc(NC=O)cc2)cc1. The largest absolute Gasteiger partial charge is 0.329 e. The number of rotatable bonds is 3. The highest BCUT2D eigenvalue weighted by atomic mass is 16.1. The van der Waals surface area contributed by atoms with Crippen LogP contribution in [0.1, 0.15) is 5.56 Å². The average molecular weight is 222 g/mol. The van der Waals surface area contributed by atoms with E-state index in [2.05, 4.69) is 11.4 Å². The van der Waals surface area contributed by atoms with E-state index in [1.807, 2.05) is 36.4 Å². The Hall–Kier alpha value is -2.60. The number of nitrogens with zero attached hydrogens (tertiary/aromatic N) is 1. The highest BCUT2D eigenvalue weighted by Crippen LogP contribution is 2.21. The Morgan fingerprint density at radius 1 is 0.941 bits per heavy atom. The van der Waals surface area contributed by atoms with Gasteiger partial charge in [-0.15, -0.1) is 0 Å². The van der Waals surface area contributed by atoms with Gasteiger partial charge in [-0.2, -0.15) is 5.26 Å². The van der Waals surface area contributed by atoms with Crippen LogP contribution in [0.25, 0.3) is 11.1 Å². The Morgan fingerprint density at radius 3 is 1.94 bits per heavy atom. The zero-order valence-electron chi connectivity index (χ0n) is 9.05. The molecule has 0 saturated heterocycles. The van der Waals surface area contributed by atoms with E-state index in [-0.39, 0.29) is 0 Å². The second-order valence-electron chi connectivity index (χ2n) is 3.53. The fourth-order valence-electron chi connectivity index (χ4n) is 1.56. The van der Waals surface area contributed by atoms with Gasteiger partial charge in [0.25, 0.3) is 0 Å². The molecule has 0 bridgehead atoms. The summed E-state index contributed by atoms with van der Waals surface area (Å²) < 4.78 is 0. The molecule has 3 heteroatoms. The van der Waals surface area contributed by atoms with Crippen LogP contribution in [-0.2, 0) is 4.79 Å². The Labute approximate surface area is 99.3 Å². The van der Waals surface area contributed by atoms with Crippen LogP contribution in [0.5, 0.6) is 0 Å². The molecule has 2 aromatic carbocycles. The number of nitrogens with one attached hydrogen (secondary N) is 1. The summed E-state index contributed by atoms with van der Waals surface area (Å²) in [5.74, 6) is 0. The van der Waals surface area contributed by atoms with Gasteiger partial charge >= 0.3 is 0 Å². The van der Waals surface area contributed by atoms with Crippen LogP contribution in [0, 0.1) is 11.3 Å². The lowest BCUT2D eigenvalue weighted by Gasteiger charge is -2.03. The van der Waals surface area contributed by atoms with Crippen molar-refractivity contribution in [3.8, 4) is 17.2 Å². The lowest BCUT2D eigenvalue weighted by Crippen LogP contribution is -1.92. The van der Waals surface area contributed by atoms with E-state index in [0.29, 0.717) is 12.0 Å². The third-order valence-corrected chi connectivity index (χ3v) is 2.46. The van der Waals surface area contributed by atoms with Gasteiger partial charge in [0.15, 0.2) is 0 Å². The van der Waals surface area contributed by atoms with E-state index in [1.165, 1.54) is 0 Å². The minimum atomic E-state index is 0.646. The van der Waals surface area contributed by atoms with Crippen LogP contribution >= 0.6 is 0 Å². The van der Waals surface area contributed by atoms with Crippen LogP contribution in [-0.4, -0.2) is 6.41 Å². The van der Waals surface area contributed by atoms with E-state index in [1.54, 1.807) is 12.1 Å². The molecule has 0 aliphatic carbocycles. The Kier molecular flexibility index (Phi) is 3.18. The standard InChI is InChI=1S/C14H10N2O/c15-9-11-1-3-12(4-2-11)13-5-7-14(8-6-13)16-10-17/h1-8,10H,(H,16,17). The third kappa shape index (κ3) is 2.50. The first kappa shape index (κ1) is 10.9. The molecule has 0 radical (unpaired) electrons. The monoisotopic (exact) mass is 222 g/mol. The smallest absolute Gasteiger partial charge is 0.211 e. The van der Waals surface area contributed by atoms with Crippen molar-refractivity contribution in [2.24, 2.45) is 0 Å². The first-order valence-electron chi connectivity index (χ1n) is 5.14. The molecule has 1 N–H and O–H groups in total. The lowest BCUT2D eigenvalue weighted by molar-refractivity contribution is -0.105. The average Bonchev–Trinajstić information content (AvgIpc) is 2.40. The highest BCUT2D eigenvalue weighted by Gasteiger charge is 1.98. The Balaban J connectivity index is 2.27. The molecular weight excluding hydrogens is 212 g/mol. The summed E-state index contributed by atoms with van der Waals surface area (Å²) in [7, 11) is 0. The van der Waals surface area contributed by atoms with Gasteiger partial charge in [-0.1, -0.05) is 24.3 Å². The summed E-state index contributed by atoms with van der Waals surface area (Å²) in [4.78, 5) is 10.3. The van der Waals surface area contributed by atoms with E-state index in [9.17, 15) is 4.79 Å². The molecule has 0 aliphatic rings. The zero-order valence-corrected chi connectivity index (χ0v) is 9.05. The Morgan fingerprint density at radius 2 is 1.47 bits per heavy atom. The van der Waals surface area contributed by atoms with Crippen molar-refractivity contribution >= 4 is 12.1 Å². The zero-order chi connectivity index (χ0) is 12.1. The van der Waals surface area contributed by atoms with Crippen LogP contribution in [0.15, 0.2) is 48.5 Å². The minimum Gasteiger partial charge on any atom is -0.329 e. The van der Waals surface area contributed by atoms with Crippen molar-refractivity contribution in [1.82, 2.24) is 0 Å². The van der Waals surface area contributed by atoms with Crippen molar-refractivity contribution in [2.75, 3.05) is 5.32 Å². The Bertz CT molecular complexity index is 550. The van der Waals surface area contributed by atoms with Gasteiger partial charge in [-0.25, -0.2) is 0 Å². The van der Waals surface area contributed by atoms with Gasteiger partial charge in [0, 0.05) is 5.69 Å². The highest BCUT2D eigenvalue weighted by molar-refractivity contribution is 5.73. The van der Waals surface area contributed by atoms with Crippen LogP contribution in [0.3, 0.4) is 0 Å². The summed E-state index contributed by atoms with van der Waals surface area (Å²) >= 11 is 0. The van der Waals surface area contributed by atoms with Crippen molar-refractivity contribution in [3.05, 3.63) is 54.1 Å². The lowest BCUT2D eigenvalue weighted by atomic mass is 10.0. The molecule has 0 aromatic heterocycles. The molecule has 0 heterocycles. The molecular formula is C14H10N2O. The number of anilines is 1. The molecule has 0 saturated carbocycles. The number of nitriles is 1. The number of amides is 1. The van der Waals surface area contributed by atoms with Crippen molar-refractivity contribution in [1.29, 1.82) is 5.26 Å². The molecule has 0 spiro atoms. The molecule has 82 valence electrons. The summed E-state index contributed by atoms with van der Waals surface area (Å²) in [5.41, 5.74) is 3.50. The molecule has 0 atom stereocenters. The normalized spacial score (nSPS) is 9.35. The summed E-state index contributed by atoms with van der Waals surface area (Å²) in [6, 6.07) is 17.0. The molecule has 0 aliphatic heterocycles. The fraction of sp³-hybridized carbons (Fsp3) is 0. The topological polar surface area (TPSA) is 52.9 Å². The third-order valence-electron chi connectivity index (χ3n) is 2.46. The van der Waals surface area contributed by atoms with Gasteiger partial charge in [0.2, 0.25) is 6.41 Å². The molecule has 1 amide bonds. The number of carbonyl (C=O) groups excluding carboxylic acids is 1. The molecule has 2 rings (SSSR count). The second-order valence-corrected chi connectivity index (χ2v) is 3.53. The van der Waals surface area contributed by atoms with Crippen molar-refractivity contribution < 1.29 is 4.79 Å². The molecule has 3 nitrogen and oxygen atoms in total. The quantitative estimate of drug-likeness (QED) is 0.812. The predicted molar refractivity (Wildman–Crippen MR) is 66.3 cm³/mol. The van der Waals surface area contributed by atoms with Gasteiger partial charge < -0.3 is 5.32 Å². The van der Waals surface area contributed by atoms with Crippen molar-refractivity contribution in [2.45, 2.75) is 0 Å². The van der Waals surface area contributed by atoms with Crippen LogP contribution < -0.4 is 5.32 Å². The van der Waals surface area contributed by atoms with Gasteiger partial charge in [-0.05, 0) is 35.4 Å². The van der Waals surface area contributed by atoms with Crippen LogP contribution in [0.4, 0.5) is 5.69 Å². The number of carbonyl (C=O) groups is 1. The minimum absolute atomic E-state index is 0.646. The maximum atomic E-state index is 10.3. The second kappa shape index (κ2) is 4.95. The molecule has 0 unspecified atom stereocenters. The summed E-state index contributed by atoms with van der Waals surface area (Å²) in [6.07, 6.45) is 0.650. The molecule has 2 aromatic rings. The molecule has 17 heavy (non-hydrogen) atoms. The van der Waals surface area contributed by atoms with Gasteiger partial charge in [0.05, 0.1) is 11.6 Å². The first-order valence-corrected chi connectivity index (χ1v) is 5.14. The number of benzene rings is 2. The molecule has 0 fully saturated rings. The van der Waals surface area contributed by atoms with Crippen molar-refractivity contribution in [3.63, 3.8) is 0 Å². The maximum absolute atomic E-state index is 10.3. The predicted octanol–water partition coefficient (Wildman–Crippen LogP) is 2.79. The summed E-state index contributed by atoms with van der Waals surface area (Å²) in [5, 5.41) is 11.3. The van der Waals surface area contributed by atoms with E-state index < -0.39 is 0 Å². The summed E-state index contributed by atoms with van der Waals surface area (Å²) in [6.45, 7) is 0. The number of hydrogen-bond donors (Lipinski definition) is 1. The van der Waals surface area contributed by atoms with E-state index >= 15 is 0 Å². The van der Waals surface area contributed by atoms with Gasteiger partial charge in [0.1, 0.15) is 0 Å². The fourth-order valence-corrected chi connectivity index (χ4v) is 1.56. The van der Waals surface area contributed by atoms with E-state index in [4.69, 9.17) is 5.26 Å². The van der Waals surface area contributed by atoms with E-state index in [0.717, 1.165) is 16.8 Å².